The SMILES string of the molecule is CC(C)=O.CN(C)C.CP(C)(C)=O.CP(C)C.CS(C)=O. The second-order valence-corrected chi connectivity index (χ2v) is 14.2. The molecule has 0 aromatic carbocycles. The third kappa shape index (κ3) is 35900. The Hall–Kier alpha value is 0.440. The Kier molecular flexibility index (Phi) is 35.9. The Morgan fingerprint density at radius 2 is 0.952 bits per heavy atom. The fraction of sp³-hybridized carbons (Fsp3) is 0.929. The summed E-state index contributed by atoms with van der Waals surface area (Å²) in [4.78, 5) is 11.4. The number of rotatable bonds is 0. The standard InChI is InChI=1S/C3H9N.C3H9OP.C3H6O.C3H9P.C2H6OS/c1-4(2)3;1-5(2,3)4;1-3(2)4;2*1-4(2)3/h1-3H3;1-3H3;1-2H3;1-3H3;1-2H3. The van der Waals surface area contributed by atoms with Crippen LogP contribution in [-0.2, 0) is 20.2 Å². The van der Waals surface area contributed by atoms with E-state index < -0.39 is 17.9 Å². The second kappa shape index (κ2) is 22.7. The van der Waals surface area contributed by atoms with Crippen molar-refractivity contribution < 1.29 is 13.6 Å². The van der Waals surface area contributed by atoms with E-state index in [1.807, 2.05) is 26.0 Å². The van der Waals surface area contributed by atoms with Gasteiger partial charge in [0.2, 0.25) is 0 Å². The first kappa shape index (κ1) is 33.1. The quantitative estimate of drug-likeness (QED) is 0.619. The maximum Gasteiger partial charge on any atom is 0.126 e. The molecule has 0 aromatic heterocycles. The zero-order valence-corrected chi connectivity index (χ0v) is 19.1. The molecule has 4 nitrogen and oxygen atoms in total. The van der Waals surface area contributed by atoms with E-state index in [1.165, 1.54) is 13.8 Å². The minimum absolute atomic E-state index is 0.167. The van der Waals surface area contributed by atoms with Crippen molar-refractivity contribution in [2.24, 2.45) is 0 Å². The van der Waals surface area contributed by atoms with Crippen LogP contribution in [0.5, 0.6) is 0 Å². The van der Waals surface area contributed by atoms with Gasteiger partial charge in [-0.2, -0.15) is 0 Å². The van der Waals surface area contributed by atoms with Crippen LogP contribution in [0, 0.1) is 0 Å². The molecule has 7 heteroatoms. The summed E-state index contributed by atoms with van der Waals surface area (Å²) in [5, 5.41) is 0. The van der Waals surface area contributed by atoms with Gasteiger partial charge in [0.15, 0.2) is 0 Å². The Bertz CT molecular complexity index is 238. The molecular formula is C14H39NO3P2S. The summed E-state index contributed by atoms with van der Waals surface area (Å²) < 4.78 is 19.8. The summed E-state index contributed by atoms with van der Waals surface area (Å²) in [5.74, 6) is 0.167. The number of carbonyl (C=O) groups is 1. The highest BCUT2D eigenvalue weighted by Crippen LogP contribution is 2.28. The minimum atomic E-state index is -1.64. The lowest BCUT2D eigenvalue weighted by Gasteiger charge is -1.90. The molecule has 0 spiro atoms. The number of ketones is 1. The fourth-order valence-electron chi connectivity index (χ4n) is 0. The number of nitrogens with zero attached hydrogens (tertiary/aromatic N) is 1. The Labute approximate surface area is 138 Å². The summed E-state index contributed by atoms with van der Waals surface area (Å²) in [6.07, 6.45) is 3.28. The largest absolute Gasteiger partial charge is 0.324 e. The molecule has 0 fully saturated rings. The molecule has 0 N–H and O–H groups in total. The van der Waals surface area contributed by atoms with Gasteiger partial charge in [0.1, 0.15) is 5.78 Å². The smallest absolute Gasteiger partial charge is 0.126 e. The Balaban J connectivity index is -0.0000000510. The first-order chi connectivity index (χ1) is 8.93. The highest BCUT2D eigenvalue weighted by molar-refractivity contribution is 7.83. The van der Waals surface area contributed by atoms with Crippen molar-refractivity contribution in [1.29, 1.82) is 0 Å². The lowest BCUT2D eigenvalue weighted by atomic mass is 10.6. The van der Waals surface area contributed by atoms with Crippen molar-refractivity contribution in [3.8, 4) is 0 Å². The predicted octanol–water partition coefficient (Wildman–Crippen LogP) is 3.36. The predicted molar refractivity (Wildman–Crippen MR) is 106 cm³/mol. The third-order valence-corrected chi connectivity index (χ3v) is 0. The van der Waals surface area contributed by atoms with E-state index in [0.717, 1.165) is 0 Å². The van der Waals surface area contributed by atoms with E-state index >= 15 is 0 Å². The average Bonchev–Trinajstić information content (AvgIpc) is 1.91. The maximum absolute atomic E-state index is 10.2. The van der Waals surface area contributed by atoms with Gasteiger partial charge < -0.3 is 14.3 Å². The number of carbonyl (C=O) groups excluding carboxylic acids is 1. The molecule has 0 bridgehead atoms. The summed E-state index contributed by atoms with van der Waals surface area (Å²) >= 11 is 0. The van der Waals surface area contributed by atoms with Crippen LogP contribution >= 0.6 is 15.1 Å². The van der Waals surface area contributed by atoms with E-state index in [9.17, 15) is 13.6 Å². The first-order valence-corrected chi connectivity index (χ1v) is 14.1. The molecule has 0 unspecified atom stereocenters. The monoisotopic (exact) mass is 363 g/mol. The van der Waals surface area contributed by atoms with Crippen LogP contribution in [0.2, 0.25) is 0 Å². The van der Waals surface area contributed by atoms with Gasteiger partial charge in [-0.05, 0) is 75.0 Å². The second-order valence-electron chi connectivity index (χ2n) is 6.22. The Morgan fingerprint density at radius 1 is 0.952 bits per heavy atom. The van der Waals surface area contributed by atoms with Crippen LogP contribution in [-0.4, -0.2) is 88.5 Å². The van der Waals surface area contributed by atoms with Crippen molar-refractivity contribution in [2.75, 3.05) is 73.6 Å². The van der Waals surface area contributed by atoms with Gasteiger partial charge in [0.25, 0.3) is 0 Å². The summed E-state index contributed by atoms with van der Waals surface area (Å²) in [5.41, 5.74) is 0. The lowest BCUT2D eigenvalue weighted by molar-refractivity contribution is -0.114. The van der Waals surface area contributed by atoms with Gasteiger partial charge >= 0.3 is 0 Å². The third-order valence-electron chi connectivity index (χ3n) is 0. The topological polar surface area (TPSA) is 54.5 Å². The van der Waals surface area contributed by atoms with Gasteiger partial charge in [-0.3, -0.25) is 4.21 Å². The molecule has 0 heterocycles. The molecule has 0 rings (SSSR count). The van der Waals surface area contributed by atoms with Crippen LogP contribution in [0.15, 0.2) is 0 Å². The van der Waals surface area contributed by atoms with Gasteiger partial charge in [-0.1, -0.05) is 0 Å². The number of hydrogen-bond acceptors (Lipinski definition) is 4. The van der Waals surface area contributed by atoms with Crippen LogP contribution in [0.25, 0.3) is 0 Å². The fourth-order valence-corrected chi connectivity index (χ4v) is 0. The van der Waals surface area contributed by atoms with E-state index in [0.29, 0.717) is 7.92 Å². The van der Waals surface area contributed by atoms with E-state index in [2.05, 4.69) is 20.0 Å². The maximum atomic E-state index is 10.2. The van der Waals surface area contributed by atoms with Crippen molar-refractivity contribution in [3.63, 3.8) is 0 Å². The molecule has 0 radical (unpaired) electrons. The Morgan fingerprint density at radius 3 is 0.952 bits per heavy atom. The molecule has 0 aliphatic carbocycles. The molecule has 0 aromatic rings. The van der Waals surface area contributed by atoms with Gasteiger partial charge in [0, 0.05) is 23.3 Å². The zero-order valence-electron chi connectivity index (χ0n) is 16.5. The summed E-state index contributed by atoms with van der Waals surface area (Å²) in [6.45, 7) is 15.0. The minimum Gasteiger partial charge on any atom is -0.324 e. The molecule has 0 aliphatic rings. The summed E-state index contributed by atoms with van der Waals surface area (Å²) in [7, 11) is 4.13. The van der Waals surface area contributed by atoms with E-state index in [-0.39, 0.29) is 5.78 Å². The van der Waals surface area contributed by atoms with Gasteiger partial charge in [-0.25, -0.2) is 0 Å². The normalized spacial score (nSPS) is 9.14. The van der Waals surface area contributed by atoms with E-state index in [4.69, 9.17) is 0 Å². The van der Waals surface area contributed by atoms with Crippen molar-refractivity contribution in [3.05, 3.63) is 0 Å². The highest BCUT2D eigenvalue weighted by atomic mass is 32.2. The molecule has 21 heavy (non-hydrogen) atoms. The molecular weight excluding hydrogens is 324 g/mol. The van der Waals surface area contributed by atoms with Crippen molar-refractivity contribution in [1.82, 2.24) is 4.90 Å². The lowest BCUT2D eigenvalue weighted by Crippen LogP contribution is -1.99. The number of hydrogen-bond donors (Lipinski definition) is 0. The molecule has 134 valence electrons. The van der Waals surface area contributed by atoms with Crippen LogP contribution in [0.4, 0.5) is 0 Å². The van der Waals surface area contributed by atoms with Crippen molar-refractivity contribution >= 4 is 31.6 Å². The first-order valence-electron chi connectivity index (χ1n) is 6.39. The molecule has 0 atom stereocenters. The van der Waals surface area contributed by atoms with E-state index in [1.54, 1.807) is 32.5 Å². The highest BCUT2D eigenvalue weighted by Gasteiger charge is 1.89. The zero-order chi connectivity index (χ0) is 18.8. The molecule has 0 amide bonds. The van der Waals surface area contributed by atoms with Crippen LogP contribution in [0.3, 0.4) is 0 Å². The molecule has 0 aliphatic heterocycles. The summed E-state index contributed by atoms with van der Waals surface area (Å²) in [6, 6.07) is 0. The van der Waals surface area contributed by atoms with Crippen LogP contribution < -0.4 is 0 Å². The van der Waals surface area contributed by atoms with Crippen LogP contribution in [0.1, 0.15) is 13.8 Å². The molecule has 0 saturated heterocycles. The van der Waals surface area contributed by atoms with Gasteiger partial charge in [-0.15, -0.1) is 7.92 Å². The van der Waals surface area contributed by atoms with Gasteiger partial charge in [0.05, 0.1) is 7.14 Å². The number of Topliss-reactive ketones (excluding diaryl/α,β-unsaturated/α-hetero) is 1. The average molecular weight is 363 g/mol. The molecule has 0 saturated carbocycles. The van der Waals surface area contributed by atoms with Crippen molar-refractivity contribution in [2.45, 2.75) is 13.8 Å².